The second kappa shape index (κ2) is 9.09. The van der Waals surface area contributed by atoms with Gasteiger partial charge in [-0.05, 0) is 60.7 Å². The number of carbonyl (C=O) groups excluding carboxylic acids is 5. The smallest absolute Gasteiger partial charge is 0.290 e. The van der Waals surface area contributed by atoms with E-state index in [2.05, 4.69) is 36.7 Å². The number of nitrogens with zero attached hydrogens (tertiary/aromatic N) is 1. The molecule has 4 saturated carbocycles. The van der Waals surface area contributed by atoms with E-state index in [0.29, 0.717) is 25.8 Å². The molecule has 4 aliphatic carbocycles. The van der Waals surface area contributed by atoms with Gasteiger partial charge in [-0.15, -0.1) is 0 Å². The van der Waals surface area contributed by atoms with Gasteiger partial charge < -0.3 is 20.9 Å². The van der Waals surface area contributed by atoms with Crippen LogP contribution in [0.4, 0.5) is 0 Å². The number of rotatable bonds is 10. The van der Waals surface area contributed by atoms with Crippen LogP contribution in [0.5, 0.6) is 0 Å². The third-order valence-electron chi connectivity index (χ3n) is 10.4. The van der Waals surface area contributed by atoms with E-state index in [9.17, 15) is 24.0 Å². The van der Waals surface area contributed by atoms with E-state index in [1.807, 2.05) is 6.92 Å². The number of hydrogen-bond donors (Lipinski definition) is 3. The highest BCUT2D eigenvalue weighted by atomic mass is 16.2. The number of nitrogens with one attached hydrogen (secondary N) is 3. The van der Waals surface area contributed by atoms with Gasteiger partial charge in [0.15, 0.2) is 0 Å². The van der Waals surface area contributed by atoms with Crippen LogP contribution in [0.2, 0.25) is 0 Å². The summed E-state index contributed by atoms with van der Waals surface area (Å²) in [6.45, 7) is 8.70. The molecular formula is C28H42N4O5. The summed E-state index contributed by atoms with van der Waals surface area (Å²) in [4.78, 5) is 67.0. The summed E-state index contributed by atoms with van der Waals surface area (Å²) in [5.74, 6) is -1.68. The van der Waals surface area contributed by atoms with Crippen LogP contribution >= 0.6 is 0 Å². The first kappa shape index (κ1) is 26.2. The van der Waals surface area contributed by atoms with E-state index < -0.39 is 29.3 Å². The zero-order chi connectivity index (χ0) is 26.8. The van der Waals surface area contributed by atoms with Gasteiger partial charge in [0.05, 0.1) is 0 Å². The second-order valence-electron chi connectivity index (χ2n) is 13.2. The zero-order valence-corrected chi connectivity index (χ0v) is 22.6. The molecule has 5 fully saturated rings. The Labute approximate surface area is 219 Å². The van der Waals surface area contributed by atoms with Crippen LogP contribution in [0.1, 0.15) is 85.5 Å². The van der Waals surface area contributed by atoms with Crippen molar-refractivity contribution in [3.05, 3.63) is 0 Å². The Morgan fingerprint density at radius 1 is 1.05 bits per heavy atom. The molecule has 9 heteroatoms. The molecule has 6 atom stereocenters. The Morgan fingerprint density at radius 3 is 2.30 bits per heavy atom. The highest BCUT2D eigenvalue weighted by molar-refractivity contribution is 6.41. The van der Waals surface area contributed by atoms with Crippen molar-refractivity contribution in [2.75, 3.05) is 6.54 Å². The zero-order valence-electron chi connectivity index (χ0n) is 22.6. The van der Waals surface area contributed by atoms with Gasteiger partial charge in [-0.25, -0.2) is 0 Å². The largest absolute Gasteiger partial charge is 0.347 e. The monoisotopic (exact) mass is 514 g/mol. The molecule has 0 aromatic rings. The van der Waals surface area contributed by atoms with Gasteiger partial charge in [0.1, 0.15) is 17.6 Å². The number of hydrogen-bond acceptors (Lipinski definition) is 5. The van der Waals surface area contributed by atoms with Crippen LogP contribution < -0.4 is 16.0 Å². The molecule has 4 amide bonds. The van der Waals surface area contributed by atoms with Gasteiger partial charge in [0.2, 0.25) is 24.0 Å². The quantitative estimate of drug-likeness (QED) is 0.302. The van der Waals surface area contributed by atoms with Gasteiger partial charge in [-0.1, -0.05) is 53.4 Å². The molecule has 0 spiro atoms. The molecule has 0 bridgehead atoms. The molecule has 1 aliphatic heterocycles. The van der Waals surface area contributed by atoms with Crippen LogP contribution in [0.3, 0.4) is 0 Å². The minimum Gasteiger partial charge on any atom is -0.347 e. The summed E-state index contributed by atoms with van der Waals surface area (Å²) in [5, 5.41) is 8.56. The summed E-state index contributed by atoms with van der Waals surface area (Å²) < 4.78 is 0. The van der Waals surface area contributed by atoms with E-state index in [1.165, 1.54) is 0 Å². The number of carbonyl (C=O) groups is 5. The molecule has 37 heavy (non-hydrogen) atoms. The maximum atomic E-state index is 14.0. The van der Waals surface area contributed by atoms with Crippen LogP contribution in [0.15, 0.2) is 0 Å². The molecular weight excluding hydrogens is 472 g/mol. The Balaban J connectivity index is 1.37. The third kappa shape index (κ3) is 4.36. The topological polar surface area (TPSA) is 125 Å². The minimum atomic E-state index is -1.19. The summed E-state index contributed by atoms with van der Waals surface area (Å²) in [5.41, 5.74) is -1.64. The van der Waals surface area contributed by atoms with Crippen LogP contribution in [-0.2, 0) is 24.0 Å². The molecule has 0 aromatic carbocycles. The highest BCUT2D eigenvalue weighted by Gasteiger charge is 2.71. The normalized spacial score (nSPS) is 35.5. The van der Waals surface area contributed by atoms with E-state index in [1.54, 1.807) is 4.90 Å². The molecule has 9 nitrogen and oxygen atoms in total. The Bertz CT molecular complexity index is 1000. The second-order valence-corrected chi connectivity index (χ2v) is 13.2. The molecule has 0 aromatic heterocycles. The maximum absolute atomic E-state index is 14.0. The fraction of sp³-hybridized carbons (Fsp3) is 0.821. The van der Waals surface area contributed by atoms with Crippen LogP contribution in [0, 0.1) is 28.6 Å². The summed E-state index contributed by atoms with van der Waals surface area (Å²) in [6.07, 6.45) is 8.30. The van der Waals surface area contributed by atoms with E-state index in [-0.39, 0.29) is 46.4 Å². The Morgan fingerprint density at radius 2 is 1.73 bits per heavy atom. The first-order valence-corrected chi connectivity index (χ1v) is 14.2. The van der Waals surface area contributed by atoms with Gasteiger partial charge in [0.25, 0.3) is 5.91 Å². The summed E-state index contributed by atoms with van der Waals surface area (Å²) in [6, 6.07) is -1.35. The average Bonchev–Trinajstić information content (AvgIpc) is 3.81. The standard InChI is InChI=1S/C28H42N4O5/c1-5-16-13-28(16,22(34)24(36)30-17-9-10-17)31-23(35)20-19-18(26(19,2)3)14-32(20)25(37)21(29-15-33)27(4)11-7-6-8-12-27/h15-21H,5-14H2,1-4H3,(H,29,33)(H,30,36)(H,31,35)/t16-,18-,19-,20-,21+,28+/m0/s1. The van der Waals surface area contributed by atoms with Crippen molar-refractivity contribution in [2.24, 2.45) is 28.6 Å². The van der Waals surface area contributed by atoms with Crippen molar-refractivity contribution in [3.63, 3.8) is 0 Å². The van der Waals surface area contributed by atoms with E-state index in [4.69, 9.17) is 0 Å². The number of amides is 4. The van der Waals surface area contributed by atoms with Gasteiger partial charge in [-0.3, -0.25) is 24.0 Å². The molecule has 1 saturated heterocycles. The van der Waals surface area contributed by atoms with Gasteiger partial charge >= 0.3 is 0 Å². The number of piperidine rings is 1. The van der Waals surface area contributed by atoms with Crippen LogP contribution in [0.25, 0.3) is 0 Å². The SMILES string of the molecule is CC[C@H]1C[C@]1(NC(=O)[C@@H]1[C@@H]2[C@H](CN1C(=O)[C@@H](NC=O)C1(C)CCCCC1)C2(C)C)C(=O)C(=O)NC1CC1. The van der Waals surface area contributed by atoms with E-state index >= 15 is 0 Å². The summed E-state index contributed by atoms with van der Waals surface area (Å²) in [7, 11) is 0. The van der Waals surface area contributed by atoms with Crippen molar-refractivity contribution in [3.8, 4) is 0 Å². The molecule has 0 radical (unpaired) electrons. The Kier molecular flexibility index (Phi) is 6.43. The minimum absolute atomic E-state index is 0.0150. The number of ketones is 1. The van der Waals surface area contributed by atoms with Crippen molar-refractivity contribution >= 4 is 29.9 Å². The molecule has 0 unspecified atom stereocenters. The molecule has 5 rings (SSSR count). The lowest BCUT2D eigenvalue weighted by atomic mass is 9.70. The van der Waals surface area contributed by atoms with Crippen molar-refractivity contribution in [1.29, 1.82) is 0 Å². The molecule has 3 N–H and O–H groups in total. The Hall–Kier alpha value is -2.45. The molecule has 1 heterocycles. The summed E-state index contributed by atoms with van der Waals surface area (Å²) >= 11 is 0. The maximum Gasteiger partial charge on any atom is 0.290 e. The van der Waals surface area contributed by atoms with Crippen molar-refractivity contribution < 1.29 is 24.0 Å². The van der Waals surface area contributed by atoms with Crippen molar-refractivity contribution in [2.45, 2.75) is 109 Å². The average molecular weight is 515 g/mol. The lowest BCUT2D eigenvalue weighted by molar-refractivity contribution is -0.147. The molecule has 5 aliphatic rings. The van der Waals surface area contributed by atoms with Gasteiger partial charge in [0, 0.05) is 12.6 Å². The number of Topliss-reactive ketones (excluding diaryl/α,β-unsaturated/α-hetero) is 1. The fourth-order valence-corrected chi connectivity index (χ4v) is 7.55. The van der Waals surface area contributed by atoms with Crippen molar-refractivity contribution in [1.82, 2.24) is 20.9 Å². The lowest BCUT2D eigenvalue weighted by Gasteiger charge is -2.42. The lowest BCUT2D eigenvalue weighted by Crippen LogP contribution is -2.61. The highest BCUT2D eigenvalue weighted by Crippen LogP contribution is 2.65. The first-order chi connectivity index (χ1) is 17.5. The molecule has 204 valence electrons. The first-order valence-electron chi connectivity index (χ1n) is 14.2. The predicted molar refractivity (Wildman–Crippen MR) is 136 cm³/mol. The number of likely N-dealkylation sites (tertiary alicyclic amines) is 1. The van der Waals surface area contributed by atoms with Gasteiger partial charge in [-0.2, -0.15) is 0 Å². The van der Waals surface area contributed by atoms with Crippen LogP contribution in [-0.4, -0.2) is 65.0 Å². The third-order valence-corrected chi connectivity index (χ3v) is 10.4. The number of fused-ring (bicyclic) bond motifs is 1. The fourth-order valence-electron chi connectivity index (χ4n) is 7.55. The predicted octanol–water partition coefficient (Wildman–Crippen LogP) is 1.69. The van der Waals surface area contributed by atoms with E-state index in [0.717, 1.165) is 44.9 Å².